The zero-order chi connectivity index (χ0) is 14.5. The molecule has 0 atom stereocenters. The Kier molecular flexibility index (Phi) is 4.74. The number of hydrogen-bond acceptors (Lipinski definition) is 3. The Morgan fingerprint density at radius 3 is 2.60 bits per heavy atom. The van der Waals surface area contributed by atoms with Crippen molar-refractivity contribution < 1.29 is 9.59 Å². The van der Waals surface area contributed by atoms with E-state index in [2.05, 4.69) is 22.6 Å². The molecule has 0 radical (unpaired) electrons. The number of amides is 2. The van der Waals surface area contributed by atoms with E-state index < -0.39 is 0 Å². The van der Waals surface area contributed by atoms with Gasteiger partial charge in [0.1, 0.15) is 0 Å². The lowest BCUT2D eigenvalue weighted by molar-refractivity contribution is 0.0857. The van der Waals surface area contributed by atoms with Crippen LogP contribution in [-0.2, 0) is 0 Å². The first-order chi connectivity index (χ1) is 9.60. The maximum atomic E-state index is 12.5. The molecular formula is C15H21N3O2. The van der Waals surface area contributed by atoms with Crippen molar-refractivity contribution in [1.29, 1.82) is 0 Å². The van der Waals surface area contributed by atoms with Gasteiger partial charge in [0, 0.05) is 24.2 Å². The van der Waals surface area contributed by atoms with Crippen molar-refractivity contribution in [2.45, 2.75) is 12.8 Å². The molecule has 1 aliphatic rings. The number of benzene rings is 1. The normalized spacial score (nSPS) is 16.7. The number of carbonyl (C=O) groups excluding carboxylic acids is 2. The van der Waals surface area contributed by atoms with E-state index in [1.807, 2.05) is 6.07 Å². The fraction of sp³-hybridized carbons (Fsp3) is 0.467. The zero-order valence-electron chi connectivity index (χ0n) is 12.0. The summed E-state index contributed by atoms with van der Waals surface area (Å²) in [5.74, 6) is 0.278. The lowest BCUT2D eigenvalue weighted by Crippen LogP contribution is -2.33. The van der Waals surface area contributed by atoms with Crippen LogP contribution in [0, 0.1) is 5.92 Å². The molecular weight excluding hydrogens is 254 g/mol. The van der Waals surface area contributed by atoms with Crippen LogP contribution >= 0.6 is 0 Å². The fourth-order valence-corrected chi connectivity index (χ4v) is 2.45. The van der Waals surface area contributed by atoms with Crippen LogP contribution in [0.3, 0.4) is 0 Å². The minimum Gasteiger partial charge on any atom is -0.341 e. The van der Waals surface area contributed by atoms with Gasteiger partial charge in [-0.15, -0.1) is 0 Å². The van der Waals surface area contributed by atoms with Crippen molar-refractivity contribution in [3.05, 3.63) is 29.8 Å². The van der Waals surface area contributed by atoms with Crippen LogP contribution in [-0.4, -0.2) is 43.9 Å². The van der Waals surface area contributed by atoms with Crippen molar-refractivity contribution >= 4 is 17.5 Å². The average Bonchev–Trinajstić information content (AvgIpc) is 2.47. The number of rotatable bonds is 3. The van der Waals surface area contributed by atoms with Gasteiger partial charge in [-0.2, -0.15) is 0 Å². The molecule has 1 aromatic rings. The van der Waals surface area contributed by atoms with Crippen LogP contribution in [0.1, 0.15) is 23.2 Å². The second-order valence-corrected chi connectivity index (χ2v) is 5.23. The first-order valence-electron chi connectivity index (χ1n) is 6.91. The quantitative estimate of drug-likeness (QED) is 0.829. The summed E-state index contributed by atoms with van der Waals surface area (Å²) in [5, 5.41) is 5.18. The van der Waals surface area contributed by atoms with Crippen LogP contribution in [0.2, 0.25) is 0 Å². The number of carbonyl (C=O) groups is 2. The molecule has 0 saturated carbocycles. The predicted octanol–water partition coefficient (Wildman–Crippen LogP) is 1.96. The SMILES string of the molecule is CNC(=O)Nc1cccc(C(=O)C2CCN(C)CC2)c1. The molecule has 5 heteroatoms. The van der Waals surface area contributed by atoms with Crippen molar-refractivity contribution in [2.75, 3.05) is 32.5 Å². The second-order valence-electron chi connectivity index (χ2n) is 5.23. The van der Waals surface area contributed by atoms with Crippen LogP contribution in [0.4, 0.5) is 10.5 Å². The highest BCUT2D eigenvalue weighted by Crippen LogP contribution is 2.22. The summed E-state index contributed by atoms with van der Waals surface area (Å²) in [6.45, 7) is 1.93. The predicted molar refractivity (Wildman–Crippen MR) is 79.1 cm³/mol. The van der Waals surface area contributed by atoms with E-state index in [4.69, 9.17) is 0 Å². The number of urea groups is 1. The summed E-state index contributed by atoms with van der Waals surface area (Å²) in [6.07, 6.45) is 1.81. The van der Waals surface area contributed by atoms with Gasteiger partial charge in [-0.1, -0.05) is 12.1 Å². The van der Waals surface area contributed by atoms with Crippen LogP contribution < -0.4 is 10.6 Å². The van der Waals surface area contributed by atoms with Gasteiger partial charge in [-0.25, -0.2) is 4.79 Å². The summed E-state index contributed by atoms with van der Waals surface area (Å²) in [7, 11) is 3.64. The Hall–Kier alpha value is -1.88. The van der Waals surface area contributed by atoms with E-state index in [1.54, 1.807) is 25.2 Å². The largest absolute Gasteiger partial charge is 0.341 e. The maximum absolute atomic E-state index is 12.5. The third kappa shape index (κ3) is 3.57. The number of anilines is 1. The molecule has 0 bridgehead atoms. The molecule has 0 aromatic heterocycles. The first kappa shape index (κ1) is 14.5. The summed E-state index contributed by atoms with van der Waals surface area (Å²) >= 11 is 0. The third-order valence-corrected chi connectivity index (χ3v) is 3.72. The minimum absolute atomic E-state index is 0.0986. The lowest BCUT2D eigenvalue weighted by Gasteiger charge is -2.28. The van der Waals surface area contributed by atoms with E-state index >= 15 is 0 Å². The lowest BCUT2D eigenvalue weighted by atomic mass is 9.89. The molecule has 1 heterocycles. The number of piperidine rings is 1. The third-order valence-electron chi connectivity index (χ3n) is 3.72. The molecule has 0 spiro atoms. The van der Waals surface area contributed by atoms with Gasteiger partial charge in [-0.05, 0) is 45.1 Å². The molecule has 0 unspecified atom stereocenters. The number of likely N-dealkylation sites (tertiary alicyclic amines) is 1. The highest BCUT2D eigenvalue weighted by molar-refractivity contribution is 5.99. The molecule has 1 aliphatic heterocycles. The van der Waals surface area contributed by atoms with Crippen LogP contribution in [0.15, 0.2) is 24.3 Å². The highest BCUT2D eigenvalue weighted by atomic mass is 16.2. The maximum Gasteiger partial charge on any atom is 0.318 e. The Morgan fingerprint density at radius 1 is 1.25 bits per heavy atom. The molecule has 2 rings (SSSR count). The van der Waals surface area contributed by atoms with Crippen molar-refractivity contribution in [2.24, 2.45) is 5.92 Å². The molecule has 1 aromatic carbocycles. The number of ketones is 1. The second kappa shape index (κ2) is 6.52. The zero-order valence-corrected chi connectivity index (χ0v) is 12.0. The number of hydrogen-bond donors (Lipinski definition) is 2. The molecule has 0 aliphatic carbocycles. The fourth-order valence-electron chi connectivity index (χ4n) is 2.45. The summed E-state index contributed by atoms with van der Waals surface area (Å²) in [4.78, 5) is 26.0. The number of nitrogens with one attached hydrogen (secondary N) is 2. The summed E-state index contributed by atoms with van der Waals surface area (Å²) in [5.41, 5.74) is 1.32. The van der Waals surface area contributed by atoms with Crippen molar-refractivity contribution in [3.8, 4) is 0 Å². The molecule has 5 nitrogen and oxygen atoms in total. The van der Waals surface area contributed by atoms with Crippen LogP contribution in [0.25, 0.3) is 0 Å². The number of Topliss-reactive ketones (excluding diaryl/α,β-unsaturated/α-hetero) is 1. The smallest absolute Gasteiger partial charge is 0.318 e. The monoisotopic (exact) mass is 275 g/mol. The Morgan fingerprint density at radius 2 is 1.95 bits per heavy atom. The topological polar surface area (TPSA) is 61.4 Å². The van der Waals surface area contributed by atoms with E-state index in [0.29, 0.717) is 11.3 Å². The van der Waals surface area contributed by atoms with Gasteiger partial charge >= 0.3 is 6.03 Å². The van der Waals surface area contributed by atoms with E-state index in [0.717, 1.165) is 25.9 Å². The standard InChI is InChI=1S/C15H21N3O2/c1-16-15(20)17-13-5-3-4-12(10-13)14(19)11-6-8-18(2)9-7-11/h3-5,10-11H,6-9H2,1-2H3,(H2,16,17,20). The van der Waals surface area contributed by atoms with Gasteiger partial charge < -0.3 is 15.5 Å². The van der Waals surface area contributed by atoms with E-state index in [1.165, 1.54) is 0 Å². The Labute approximate surface area is 119 Å². The van der Waals surface area contributed by atoms with E-state index in [9.17, 15) is 9.59 Å². The van der Waals surface area contributed by atoms with Gasteiger partial charge in [0.25, 0.3) is 0 Å². The van der Waals surface area contributed by atoms with Gasteiger partial charge in [-0.3, -0.25) is 4.79 Å². The molecule has 2 amide bonds. The highest BCUT2D eigenvalue weighted by Gasteiger charge is 2.24. The molecule has 1 saturated heterocycles. The summed E-state index contributed by atoms with van der Waals surface area (Å²) < 4.78 is 0. The Bertz CT molecular complexity index is 494. The first-order valence-corrected chi connectivity index (χ1v) is 6.91. The van der Waals surface area contributed by atoms with Gasteiger partial charge in [0.2, 0.25) is 0 Å². The van der Waals surface area contributed by atoms with Crippen LogP contribution in [0.5, 0.6) is 0 Å². The average molecular weight is 275 g/mol. The van der Waals surface area contributed by atoms with Gasteiger partial charge in [0.05, 0.1) is 0 Å². The number of nitrogens with zero attached hydrogens (tertiary/aromatic N) is 1. The molecule has 108 valence electrons. The van der Waals surface area contributed by atoms with Crippen molar-refractivity contribution in [3.63, 3.8) is 0 Å². The van der Waals surface area contributed by atoms with Gasteiger partial charge in [0.15, 0.2) is 5.78 Å². The Balaban J connectivity index is 2.06. The molecule has 2 N–H and O–H groups in total. The summed E-state index contributed by atoms with van der Waals surface area (Å²) in [6, 6.07) is 6.86. The van der Waals surface area contributed by atoms with E-state index in [-0.39, 0.29) is 17.7 Å². The molecule has 1 fully saturated rings. The van der Waals surface area contributed by atoms with Crippen molar-refractivity contribution in [1.82, 2.24) is 10.2 Å². The molecule has 20 heavy (non-hydrogen) atoms. The minimum atomic E-state index is -0.283.